The minimum atomic E-state index is -0.405. The molecule has 1 fully saturated rings. The van der Waals surface area contributed by atoms with E-state index in [-0.39, 0.29) is 22.0 Å². The van der Waals surface area contributed by atoms with Crippen molar-refractivity contribution in [2.45, 2.75) is 90.3 Å². The van der Waals surface area contributed by atoms with Gasteiger partial charge in [0, 0.05) is 16.2 Å². The van der Waals surface area contributed by atoms with Crippen LogP contribution in [0.5, 0.6) is 0 Å². The molecule has 1 aliphatic carbocycles. The van der Waals surface area contributed by atoms with Crippen LogP contribution in [0.1, 0.15) is 79.4 Å². The Balaban J connectivity index is 1.52. The number of rotatable bonds is 2. The van der Waals surface area contributed by atoms with Crippen LogP contribution in [0, 0.1) is 0 Å². The zero-order valence-electron chi connectivity index (χ0n) is 25.2. The molecule has 0 N–H and O–H groups in total. The number of para-hydroxylation sites is 1. The average molecular weight is 530 g/mol. The first-order valence-corrected chi connectivity index (χ1v) is 14.8. The van der Waals surface area contributed by atoms with E-state index in [1.807, 2.05) is 0 Å². The minimum Gasteiger partial charge on any atom is -0.399 e. The number of hydrogen-bond donors (Lipinski definition) is 0. The molecule has 3 nitrogen and oxygen atoms in total. The third-order valence-corrected chi connectivity index (χ3v) is 10.3. The van der Waals surface area contributed by atoms with E-state index in [0.29, 0.717) is 0 Å². The van der Waals surface area contributed by atoms with E-state index in [1.54, 1.807) is 0 Å². The summed E-state index contributed by atoms with van der Waals surface area (Å²) < 4.78 is 15.5. The Morgan fingerprint density at radius 3 is 1.77 bits per heavy atom. The summed E-state index contributed by atoms with van der Waals surface area (Å²) >= 11 is 0. The predicted octanol–water partition coefficient (Wildman–Crippen LogP) is 8.59. The molecule has 204 valence electrons. The number of nitrogens with zero attached hydrogens (tertiary/aromatic N) is 1. The molecule has 1 aliphatic heterocycles. The van der Waals surface area contributed by atoms with E-state index in [4.69, 9.17) is 9.31 Å². The molecule has 5 aromatic rings. The Labute approximate surface area is 238 Å². The van der Waals surface area contributed by atoms with Crippen LogP contribution in [0.3, 0.4) is 0 Å². The van der Waals surface area contributed by atoms with Crippen molar-refractivity contribution in [2.75, 3.05) is 0 Å². The summed E-state index contributed by atoms with van der Waals surface area (Å²) in [5.74, 6) is 0. The first kappa shape index (κ1) is 25.9. The smallest absolute Gasteiger partial charge is 0.399 e. The molecular formula is C36H40BNO2. The monoisotopic (exact) mass is 529 g/mol. The molecule has 1 saturated heterocycles. The summed E-state index contributed by atoms with van der Waals surface area (Å²) in [7, 11) is -0.405. The summed E-state index contributed by atoms with van der Waals surface area (Å²) in [5.41, 5.74) is 7.31. The maximum absolute atomic E-state index is 6.50. The standard InChI is InChI=1S/C36H40BNO2/c1-33(2)19-20-34(3,4)28-22-32-26(21-27(28)33)25-15-11-12-16-30(25)38(32)31-18-17-29(23-13-9-10-14-24(23)31)37-39-35(5,6)36(7,8)40-37/h9-18,21-22H,19-20H2,1-8H3. The topological polar surface area (TPSA) is 23.4 Å². The van der Waals surface area contributed by atoms with Gasteiger partial charge in [-0.1, -0.05) is 76.2 Å². The van der Waals surface area contributed by atoms with E-state index in [0.717, 1.165) is 5.46 Å². The van der Waals surface area contributed by atoms with E-state index < -0.39 is 7.12 Å². The fourth-order valence-corrected chi connectivity index (χ4v) is 6.97. The highest BCUT2D eigenvalue weighted by Crippen LogP contribution is 2.48. The fraction of sp³-hybridized carbons (Fsp3) is 0.389. The molecule has 0 spiro atoms. The molecule has 40 heavy (non-hydrogen) atoms. The van der Waals surface area contributed by atoms with Crippen LogP contribution in [0.2, 0.25) is 0 Å². The summed E-state index contributed by atoms with van der Waals surface area (Å²) in [6, 6.07) is 27.1. The Morgan fingerprint density at radius 2 is 1.12 bits per heavy atom. The van der Waals surface area contributed by atoms with Gasteiger partial charge in [0.05, 0.1) is 27.9 Å². The van der Waals surface area contributed by atoms with E-state index >= 15 is 0 Å². The summed E-state index contributed by atoms with van der Waals surface area (Å²) in [6.07, 6.45) is 2.41. The first-order valence-electron chi connectivity index (χ1n) is 14.8. The third kappa shape index (κ3) is 3.58. The lowest BCUT2D eigenvalue weighted by atomic mass is 9.63. The number of fused-ring (bicyclic) bond motifs is 5. The largest absolute Gasteiger partial charge is 0.495 e. The maximum Gasteiger partial charge on any atom is 0.495 e. The third-order valence-electron chi connectivity index (χ3n) is 10.3. The zero-order valence-corrected chi connectivity index (χ0v) is 25.2. The highest BCUT2D eigenvalue weighted by molar-refractivity contribution is 6.65. The Kier molecular flexibility index (Phi) is 5.33. The molecule has 0 atom stereocenters. The normalized spacial score (nSPS) is 20.9. The van der Waals surface area contributed by atoms with Crippen LogP contribution in [-0.2, 0) is 20.1 Å². The molecule has 0 unspecified atom stereocenters. The molecular weight excluding hydrogens is 489 g/mol. The molecule has 4 heteroatoms. The second-order valence-corrected chi connectivity index (χ2v) is 14.3. The van der Waals surface area contributed by atoms with Gasteiger partial charge in [-0.05, 0) is 97.6 Å². The first-order chi connectivity index (χ1) is 18.8. The van der Waals surface area contributed by atoms with Crippen molar-refractivity contribution < 1.29 is 9.31 Å². The lowest BCUT2D eigenvalue weighted by Crippen LogP contribution is -2.41. The van der Waals surface area contributed by atoms with Crippen molar-refractivity contribution in [2.24, 2.45) is 0 Å². The van der Waals surface area contributed by atoms with Crippen molar-refractivity contribution >= 4 is 45.2 Å². The van der Waals surface area contributed by atoms with Crippen LogP contribution in [0.15, 0.2) is 72.8 Å². The molecule has 0 bridgehead atoms. The number of hydrogen-bond acceptors (Lipinski definition) is 2. The summed E-state index contributed by atoms with van der Waals surface area (Å²) in [4.78, 5) is 0. The fourth-order valence-electron chi connectivity index (χ4n) is 6.97. The molecule has 7 rings (SSSR count). The Bertz CT molecular complexity index is 1810. The molecule has 0 radical (unpaired) electrons. The maximum atomic E-state index is 6.50. The molecule has 1 aromatic heterocycles. The van der Waals surface area contributed by atoms with Crippen LogP contribution in [-0.4, -0.2) is 22.9 Å². The van der Waals surface area contributed by atoms with E-state index in [9.17, 15) is 0 Å². The van der Waals surface area contributed by atoms with Gasteiger partial charge in [-0.3, -0.25) is 0 Å². The summed E-state index contributed by atoms with van der Waals surface area (Å²) in [6.45, 7) is 18.1. The highest BCUT2D eigenvalue weighted by atomic mass is 16.7. The van der Waals surface area contributed by atoms with Gasteiger partial charge in [-0.15, -0.1) is 0 Å². The average Bonchev–Trinajstić information content (AvgIpc) is 3.34. The van der Waals surface area contributed by atoms with Gasteiger partial charge in [0.1, 0.15) is 0 Å². The summed E-state index contributed by atoms with van der Waals surface area (Å²) in [5, 5.41) is 5.01. The van der Waals surface area contributed by atoms with Crippen LogP contribution in [0.4, 0.5) is 0 Å². The molecule has 0 amide bonds. The van der Waals surface area contributed by atoms with Crippen molar-refractivity contribution in [3.05, 3.63) is 83.9 Å². The van der Waals surface area contributed by atoms with E-state index in [1.165, 1.54) is 62.2 Å². The predicted molar refractivity (Wildman–Crippen MR) is 169 cm³/mol. The number of aromatic nitrogens is 1. The highest BCUT2D eigenvalue weighted by Gasteiger charge is 2.52. The van der Waals surface area contributed by atoms with Gasteiger partial charge in [0.2, 0.25) is 0 Å². The van der Waals surface area contributed by atoms with Crippen molar-refractivity contribution in [1.82, 2.24) is 4.57 Å². The Hall–Kier alpha value is -3.08. The van der Waals surface area contributed by atoms with Crippen molar-refractivity contribution in [3.8, 4) is 5.69 Å². The molecule has 2 aliphatic rings. The molecule has 0 saturated carbocycles. The van der Waals surface area contributed by atoms with Crippen LogP contribution >= 0.6 is 0 Å². The van der Waals surface area contributed by atoms with Crippen LogP contribution in [0.25, 0.3) is 38.3 Å². The van der Waals surface area contributed by atoms with Gasteiger partial charge in [0.25, 0.3) is 0 Å². The van der Waals surface area contributed by atoms with Crippen LogP contribution < -0.4 is 5.46 Å². The van der Waals surface area contributed by atoms with E-state index in [2.05, 4.69) is 133 Å². The van der Waals surface area contributed by atoms with Gasteiger partial charge < -0.3 is 13.9 Å². The van der Waals surface area contributed by atoms with Crippen molar-refractivity contribution in [3.63, 3.8) is 0 Å². The zero-order chi connectivity index (χ0) is 28.2. The van der Waals surface area contributed by atoms with Gasteiger partial charge in [0.15, 0.2) is 0 Å². The molecule has 2 heterocycles. The number of benzene rings is 4. The second kappa shape index (κ2) is 8.24. The SMILES string of the molecule is CC1(C)CCC(C)(C)c2cc3c(cc21)c1ccccc1n3-c1ccc(B2OC(C)(C)C(C)(C)O2)c2ccccc12. The Morgan fingerprint density at radius 1 is 0.575 bits per heavy atom. The lowest BCUT2D eigenvalue weighted by Gasteiger charge is -2.42. The minimum absolute atomic E-state index is 0.142. The second-order valence-electron chi connectivity index (χ2n) is 14.3. The molecule has 4 aromatic carbocycles. The van der Waals surface area contributed by atoms with Gasteiger partial charge in [-0.2, -0.15) is 0 Å². The van der Waals surface area contributed by atoms with Gasteiger partial charge in [-0.25, -0.2) is 0 Å². The lowest BCUT2D eigenvalue weighted by molar-refractivity contribution is 0.00578. The van der Waals surface area contributed by atoms with Crippen molar-refractivity contribution in [1.29, 1.82) is 0 Å². The van der Waals surface area contributed by atoms with Gasteiger partial charge >= 0.3 is 7.12 Å². The quantitative estimate of drug-likeness (QED) is 0.214.